The second kappa shape index (κ2) is 9.08. The molecule has 162 valence electrons. The fourth-order valence-electron chi connectivity index (χ4n) is 3.77. The molecule has 31 heavy (non-hydrogen) atoms. The summed E-state index contributed by atoms with van der Waals surface area (Å²) in [5, 5.41) is 7.99. The summed E-state index contributed by atoms with van der Waals surface area (Å²) < 4.78 is 21.0. The standard InChI is InChI=1S/C23H24ClFN4O2/c1-15-6-7-20(19(24)10-15)26-23(30)29-9-8-22-18(12-29)21(27-28(22)2)14-31-13-16-4-3-5-17(25)11-16/h3-7,10-11H,8-9,12-14H2,1-2H3,(H,26,30). The number of fused-ring (bicyclic) bond motifs is 1. The van der Waals surface area contributed by atoms with Gasteiger partial charge in [0.1, 0.15) is 5.82 Å². The van der Waals surface area contributed by atoms with Crippen molar-refractivity contribution >= 4 is 23.3 Å². The third-order valence-electron chi connectivity index (χ3n) is 5.38. The first-order valence-corrected chi connectivity index (χ1v) is 10.5. The van der Waals surface area contributed by atoms with Crippen LogP contribution in [-0.4, -0.2) is 27.3 Å². The largest absolute Gasteiger partial charge is 0.370 e. The molecule has 0 atom stereocenters. The average molecular weight is 443 g/mol. The molecule has 2 amide bonds. The highest BCUT2D eigenvalue weighted by Crippen LogP contribution is 2.26. The fraction of sp³-hybridized carbons (Fsp3) is 0.304. The Morgan fingerprint density at radius 2 is 2.10 bits per heavy atom. The van der Waals surface area contributed by atoms with E-state index < -0.39 is 0 Å². The van der Waals surface area contributed by atoms with Crippen molar-refractivity contribution in [2.45, 2.75) is 33.1 Å². The van der Waals surface area contributed by atoms with Crippen LogP contribution in [0.4, 0.5) is 14.9 Å². The lowest BCUT2D eigenvalue weighted by Gasteiger charge is -2.28. The monoisotopic (exact) mass is 442 g/mol. The van der Waals surface area contributed by atoms with Crippen LogP contribution in [-0.2, 0) is 38.0 Å². The van der Waals surface area contributed by atoms with E-state index in [-0.39, 0.29) is 11.8 Å². The Morgan fingerprint density at radius 3 is 2.87 bits per heavy atom. The molecular weight excluding hydrogens is 419 g/mol. The molecule has 0 bridgehead atoms. The smallest absolute Gasteiger partial charge is 0.322 e. The normalized spacial score (nSPS) is 13.2. The van der Waals surface area contributed by atoms with Gasteiger partial charge in [-0.25, -0.2) is 9.18 Å². The fourth-order valence-corrected chi connectivity index (χ4v) is 4.05. The van der Waals surface area contributed by atoms with Crippen LogP contribution in [0.1, 0.15) is 28.1 Å². The number of hydrogen-bond acceptors (Lipinski definition) is 3. The van der Waals surface area contributed by atoms with Crippen molar-refractivity contribution in [2.75, 3.05) is 11.9 Å². The number of urea groups is 1. The van der Waals surface area contributed by atoms with Crippen molar-refractivity contribution in [3.63, 3.8) is 0 Å². The van der Waals surface area contributed by atoms with Gasteiger partial charge in [-0.2, -0.15) is 5.10 Å². The van der Waals surface area contributed by atoms with E-state index in [1.165, 1.54) is 12.1 Å². The van der Waals surface area contributed by atoms with Gasteiger partial charge in [0.05, 0.1) is 36.2 Å². The number of aromatic nitrogens is 2. The molecule has 1 aliphatic rings. The minimum atomic E-state index is -0.286. The summed E-state index contributed by atoms with van der Waals surface area (Å²) in [7, 11) is 1.90. The van der Waals surface area contributed by atoms with E-state index in [0.717, 1.165) is 28.1 Å². The Hall–Kier alpha value is -2.90. The summed E-state index contributed by atoms with van der Waals surface area (Å²) in [4.78, 5) is 14.6. The van der Waals surface area contributed by atoms with E-state index in [1.54, 1.807) is 17.0 Å². The lowest BCUT2D eigenvalue weighted by molar-refractivity contribution is 0.103. The first-order chi connectivity index (χ1) is 14.9. The maximum absolute atomic E-state index is 13.3. The summed E-state index contributed by atoms with van der Waals surface area (Å²) in [6, 6.07) is 11.7. The topological polar surface area (TPSA) is 59.4 Å². The Labute approximate surface area is 185 Å². The van der Waals surface area contributed by atoms with E-state index >= 15 is 0 Å². The molecule has 0 saturated carbocycles. The maximum atomic E-state index is 13.3. The van der Waals surface area contributed by atoms with Crippen LogP contribution in [0.2, 0.25) is 5.02 Å². The molecule has 0 unspecified atom stereocenters. The second-order valence-electron chi connectivity index (χ2n) is 7.70. The minimum absolute atomic E-state index is 0.202. The van der Waals surface area contributed by atoms with E-state index in [0.29, 0.717) is 43.4 Å². The molecule has 2 heterocycles. The number of amides is 2. The van der Waals surface area contributed by atoms with Gasteiger partial charge in [-0.1, -0.05) is 29.8 Å². The summed E-state index contributed by atoms with van der Waals surface area (Å²) in [6.07, 6.45) is 0.706. The Kier molecular flexibility index (Phi) is 6.25. The van der Waals surface area contributed by atoms with Gasteiger partial charge in [-0.15, -0.1) is 0 Å². The van der Waals surface area contributed by atoms with Crippen molar-refractivity contribution in [1.29, 1.82) is 0 Å². The van der Waals surface area contributed by atoms with Crippen LogP contribution in [0.5, 0.6) is 0 Å². The van der Waals surface area contributed by atoms with E-state index in [4.69, 9.17) is 16.3 Å². The third-order valence-corrected chi connectivity index (χ3v) is 5.69. The molecule has 1 aromatic heterocycles. The van der Waals surface area contributed by atoms with E-state index in [9.17, 15) is 9.18 Å². The van der Waals surface area contributed by atoms with Crippen LogP contribution in [0, 0.1) is 12.7 Å². The van der Waals surface area contributed by atoms with Gasteiger partial charge < -0.3 is 15.0 Å². The lowest BCUT2D eigenvalue weighted by atomic mass is 10.1. The molecule has 2 aromatic carbocycles. The summed E-state index contributed by atoms with van der Waals surface area (Å²) in [6.45, 7) is 3.56. The first kappa shape index (κ1) is 21.3. The molecule has 0 spiro atoms. The molecule has 0 radical (unpaired) electrons. The number of carbonyl (C=O) groups is 1. The van der Waals surface area contributed by atoms with Crippen LogP contribution in [0.3, 0.4) is 0 Å². The van der Waals surface area contributed by atoms with Crippen LogP contribution >= 0.6 is 11.6 Å². The number of hydrogen-bond donors (Lipinski definition) is 1. The number of ether oxygens (including phenoxy) is 1. The maximum Gasteiger partial charge on any atom is 0.322 e. The number of carbonyl (C=O) groups excluding carboxylic acids is 1. The zero-order valence-electron chi connectivity index (χ0n) is 17.5. The Morgan fingerprint density at radius 1 is 1.26 bits per heavy atom. The molecule has 0 fully saturated rings. The number of anilines is 1. The number of nitrogens with zero attached hydrogens (tertiary/aromatic N) is 3. The van der Waals surface area contributed by atoms with Gasteiger partial charge >= 0.3 is 6.03 Å². The second-order valence-corrected chi connectivity index (χ2v) is 8.11. The molecule has 8 heteroatoms. The quantitative estimate of drug-likeness (QED) is 0.615. The van der Waals surface area contributed by atoms with Gasteiger partial charge in [0, 0.05) is 31.3 Å². The minimum Gasteiger partial charge on any atom is -0.370 e. The van der Waals surface area contributed by atoms with Crippen molar-refractivity contribution in [3.05, 3.63) is 81.4 Å². The van der Waals surface area contributed by atoms with Gasteiger partial charge in [0.25, 0.3) is 0 Å². The van der Waals surface area contributed by atoms with E-state index in [2.05, 4.69) is 10.4 Å². The number of benzene rings is 2. The first-order valence-electron chi connectivity index (χ1n) is 10.1. The molecule has 0 aliphatic carbocycles. The van der Waals surface area contributed by atoms with E-state index in [1.807, 2.05) is 36.9 Å². The highest BCUT2D eigenvalue weighted by molar-refractivity contribution is 6.33. The van der Waals surface area contributed by atoms with Gasteiger partial charge in [-0.05, 0) is 42.3 Å². The SMILES string of the molecule is Cc1ccc(NC(=O)N2CCc3c(c(COCc4cccc(F)c4)nn3C)C2)c(Cl)c1. The molecular formula is C23H24ClFN4O2. The third kappa shape index (κ3) is 4.89. The molecule has 0 saturated heterocycles. The summed E-state index contributed by atoms with van der Waals surface area (Å²) >= 11 is 6.25. The van der Waals surface area contributed by atoms with Crippen molar-refractivity contribution in [1.82, 2.24) is 14.7 Å². The lowest BCUT2D eigenvalue weighted by Crippen LogP contribution is -2.39. The highest BCUT2D eigenvalue weighted by Gasteiger charge is 2.27. The Bertz CT molecular complexity index is 1110. The number of nitrogens with one attached hydrogen (secondary N) is 1. The number of halogens is 2. The molecule has 6 nitrogen and oxygen atoms in total. The van der Waals surface area contributed by atoms with Crippen molar-refractivity contribution < 1.29 is 13.9 Å². The molecule has 3 aromatic rings. The van der Waals surface area contributed by atoms with Crippen molar-refractivity contribution in [3.8, 4) is 0 Å². The average Bonchev–Trinajstić information content (AvgIpc) is 3.05. The predicted molar refractivity (Wildman–Crippen MR) is 117 cm³/mol. The van der Waals surface area contributed by atoms with Crippen molar-refractivity contribution in [2.24, 2.45) is 7.05 Å². The zero-order chi connectivity index (χ0) is 22.0. The van der Waals surface area contributed by atoms with Gasteiger partial charge in [-0.3, -0.25) is 4.68 Å². The van der Waals surface area contributed by atoms with Crippen LogP contribution < -0.4 is 5.32 Å². The summed E-state index contributed by atoms with van der Waals surface area (Å²) in [5.41, 5.74) is 5.28. The Balaban J connectivity index is 1.42. The summed E-state index contributed by atoms with van der Waals surface area (Å²) in [5.74, 6) is -0.286. The number of aryl methyl sites for hydroxylation is 2. The zero-order valence-corrected chi connectivity index (χ0v) is 18.2. The molecule has 4 rings (SSSR count). The molecule has 1 aliphatic heterocycles. The predicted octanol–water partition coefficient (Wildman–Crippen LogP) is 4.83. The van der Waals surface area contributed by atoms with Gasteiger partial charge in [0.2, 0.25) is 0 Å². The van der Waals surface area contributed by atoms with Crippen LogP contribution in [0.15, 0.2) is 42.5 Å². The highest BCUT2D eigenvalue weighted by atomic mass is 35.5. The van der Waals surface area contributed by atoms with Crippen LogP contribution in [0.25, 0.3) is 0 Å². The number of rotatable bonds is 5. The van der Waals surface area contributed by atoms with Gasteiger partial charge in [0.15, 0.2) is 0 Å². The molecule has 1 N–H and O–H groups in total.